The number of aliphatic imine (C=N–C) groups is 1. The molecule has 9 heteroatoms. The minimum absolute atomic E-state index is 0.00437. The van der Waals surface area contributed by atoms with E-state index in [2.05, 4.69) is 37.3 Å². The zero-order chi connectivity index (χ0) is 23.3. The van der Waals surface area contributed by atoms with E-state index in [0.29, 0.717) is 23.4 Å². The molecule has 170 valence electrons. The van der Waals surface area contributed by atoms with Crippen LogP contribution in [-0.2, 0) is 0 Å². The molecule has 32 heavy (non-hydrogen) atoms. The van der Waals surface area contributed by atoms with Gasteiger partial charge in [0.25, 0.3) is 0 Å². The number of hydrogen-bond donors (Lipinski definition) is 4. The quantitative estimate of drug-likeness (QED) is 0.255. The van der Waals surface area contributed by atoms with Crippen LogP contribution in [0.25, 0.3) is 0 Å². The zero-order valence-corrected chi connectivity index (χ0v) is 20.8. The van der Waals surface area contributed by atoms with Crippen LogP contribution in [-0.4, -0.2) is 33.9 Å². The van der Waals surface area contributed by atoms with Gasteiger partial charge in [-0.2, -0.15) is 5.26 Å². The highest BCUT2D eigenvalue weighted by atomic mass is 127. The number of aromatic nitrogens is 1. The molecular formula is C23H29FIN7. The van der Waals surface area contributed by atoms with Crippen LogP contribution in [0.1, 0.15) is 39.3 Å². The summed E-state index contributed by atoms with van der Waals surface area (Å²) in [6.07, 6.45) is 8.47. The van der Waals surface area contributed by atoms with E-state index in [9.17, 15) is 9.65 Å². The van der Waals surface area contributed by atoms with Crippen LogP contribution < -0.4 is 21.3 Å². The Hall–Kier alpha value is -2.29. The second-order valence-corrected chi connectivity index (χ2v) is 10.2. The highest BCUT2D eigenvalue weighted by molar-refractivity contribution is 14.1. The van der Waals surface area contributed by atoms with Gasteiger partial charge in [-0.3, -0.25) is 20.6 Å². The van der Waals surface area contributed by atoms with Gasteiger partial charge in [-0.05, 0) is 66.1 Å². The highest BCUT2D eigenvalue weighted by Gasteiger charge is 2.29. The van der Waals surface area contributed by atoms with Gasteiger partial charge >= 0.3 is 0 Å². The summed E-state index contributed by atoms with van der Waals surface area (Å²) in [5.41, 5.74) is 3.67. The minimum atomic E-state index is -1.48. The van der Waals surface area contributed by atoms with Crippen LogP contribution >= 0.6 is 22.6 Å². The van der Waals surface area contributed by atoms with Crippen molar-refractivity contribution in [2.24, 2.45) is 10.9 Å². The van der Waals surface area contributed by atoms with Gasteiger partial charge in [0, 0.05) is 43.3 Å². The Labute approximate surface area is 202 Å². The lowest BCUT2D eigenvalue weighted by Gasteiger charge is -2.29. The molecule has 0 radical (unpaired) electrons. The van der Waals surface area contributed by atoms with Crippen LogP contribution in [0.5, 0.6) is 0 Å². The maximum absolute atomic E-state index is 14.8. The van der Waals surface area contributed by atoms with E-state index < -0.39 is 9.97 Å². The number of hydrogen-bond acceptors (Lipinski definition) is 7. The Morgan fingerprint density at radius 2 is 2.19 bits per heavy atom. The van der Waals surface area contributed by atoms with Crippen molar-refractivity contribution < 1.29 is 4.39 Å². The van der Waals surface area contributed by atoms with Gasteiger partial charge in [0.05, 0.1) is 17.4 Å². The third-order valence-corrected chi connectivity index (χ3v) is 6.19. The van der Waals surface area contributed by atoms with Crippen molar-refractivity contribution in [3.8, 4) is 6.07 Å². The fraction of sp³-hybridized carbons (Fsp3) is 0.435. The average molecular weight is 549 g/mol. The predicted octanol–water partition coefficient (Wildman–Crippen LogP) is 3.57. The number of allylic oxidation sites excluding steroid dienone is 3. The minimum Gasteiger partial charge on any atom is -0.376 e. The summed E-state index contributed by atoms with van der Waals surface area (Å²) in [6.45, 7) is 7.99. The number of nitrogens with one attached hydrogen (secondary N) is 4. The Morgan fingerprint density at radius 1 is 1.41 bits per heavy atom. The lowest BCUT2D eigenvalue weighted by Crippen LogP contribution is -2.44. The predicted molar refractivity (Wildman–Crippen MR) is 133 cm³/mol. The SMILES string of the molecule is CC1N/C=C(/C2=C(C#N)C=N[C@@H](NC(C)c3cccnc3)N2)C(C)/C=C(/C(C)(F)I)CN1. The molecular weight excluding hydrogens is 520 g/mol. The van der Waals surface area contributed by atoms with Gasteiger partial charge in [-0.25, -0.2) is 4.39 Å². The van der Waals surface area contributed by atoms with E-state index in [4.69, 9.17) is 0 Å². The van der Waals surface area contributed by atoms with Gasteiger partial charge in [-0.15, -0.1) is 0 Å². The molecule has 2 aliphatic heterocycles. The van der Waals surface area contributed by atoms with Crippen LogP contribution in [0.15, 0.2) is 64.2 Å². The van der Waals surface area contributed by atoms with E-state index in [-0.39, 0.29) is 18.1 Å². The van der Waals surface area contributed by atoms with Crippen LogP contribution in [0.3, 0.4) is 0 Å². The van der Waals surface area contributed by atoms with Crippen molar-refractivity contribution in [2.45, 2.75) is 49.9 Å². The lowest BCUT2D eigenvalue weighted by atomic mass is 9.92. The molecule has 3 heterocycles. The van der Waals surface area contributed by atoms with E-state index in [1.807, 2.05) is 74.0 Å². The standard InChI is InChI=1S/C23H29FIN7/c1-14-8-19(23(4,24)25)12-28-16(3)29-13-20(14)21-18(9-26)11-30-22(32-21)31-15(2)17-6-5-7-27-10-17/h5-8,10-11,13-16,22,28-29,31-32H,12H2,1-4H3/b19-8+,20-13+/t14?,15?,16?,22-,23?/m0/s1. The van der Waals surface area contributed by atoms with Crippen LogP contribution in [0.2, 0.25) is 0 Å². The molecule has 1 aromatic rings. The molecule has 0 fully saturated rings. The van der Waals surface area contributed by atoms with Gasteiger partial charge in [-0.1, -0.05) is 19.1 Å². The molecule has 4 N–H and O–H groups in total. The monoisotopic (exact) mass is 549 g/mol. The van der Waals surface area contributed by atoms with Crippen molar-refractivity contribution in [1.29, 1.82) is 5.26 Å². The molecule has 0 amide bonds. The number of rotatable bonds is 5. The van der Waals surface area contributed by atoms with E-state index in [1.165, 1.54) is 0 Å². The topological polar surface area (TPSA) is 97.2 Å². The van der Waals surface area contributed by atoms with Crippen LogP contribution in [0, 0.1) is 17.2 Å². The molecule has 5 atom stereocenters. The Morgan fingerprint density at radius 3 is 2.84 bits per heavy atom. The molecule has 0 spiro atoms. The molecule has 0 bridgehead atoms. The first kappa shape index (κ1) is 24.4. The number of alkyl halides is 2. The summed E-state index contributed by atoms with van der Waals surface area (Å²) in [7, 11) is 0. The molecule has 3 rings (SSSR count). The summed E-state index contributed by atoms with van der Waals surface area (Å²) >= 11 is 1.82. The molecule has 0 aliphatic carbocycles. The Kier molecular flexibility index (Phi) is 8.03. The number of nitrogens with zero attached hydrogens (tertiary/aromatic N) is 3. The third-order valence-electron chi connectivity index (χ3n) is 5.50. The number of nitriles is 1. The molecule has 1 aromatic heterocycles. The van der Waals surface area contributed by atoms with Crippen molar-refractivity contribution in [1.82, 2.24) is 26.3 Å². The van der Waals surface area contributed by atoms with Gasteiger partial charge in [0.1, 0.15) is 6.07 Å². The van der Waals surface area contributed by atoms with E-state index >= 15 is 0 Å². The first-order valence-corrected chi connectivity index (χ1v) is 11.7. The second kappa shape index (κ2) is 10.6. The molecule has 0 saturated carbocycles. The average Bonchev–Trinajstić information content (AvgIpc) is 2.83. The summed E-state index contributed by atoms with van der Waals surface area (Å²) in [5, 5.41) is 23.1. The largest absolute Gasteiger partial charge is 0.376 e. The zero-order valence-electron chi connectivity index (χ0n) is 18.7. The Balaban J connectivity index is 1.89. The third kappa shape index (κ3) is 6.15. The molecule has 2 aliphatic rings. The van der Waals surface area contributed by atoms with Crippen molar-refractivity contribution >= 4 is 28.8 Å². The molecule has 0 aromatic carbocycles. The second-order valence-electron chi connectivity index (χ2n) is 8.14. The summed E-state index contributed by atoms with van der Waals surface area (Å²) in [6, 6.07) is 6.12. The van der Waals surface area contributed by atoms with Crippen molar-refractivity contribution in [3.63, 3.8) is 0 Å². The fourth-order valence-corrected chi connectivity index (χ4v) is 3.93. The van der Waals surface area contributed by atoms with E-state index in [1.54, 1.807) is 19.3 Å². The number of halogens is 2. The first-order chi connectivity index (χ1) is 15.2. The smallest absolute Gasteiger partial charge is 0.180 e. The molecule has 7 nitrogen and oxygen atoms in total. The lowest BCUT2D eigenvalue weighted by molar-refractivity contribution is 0.374. The molecule has 0 saturated heterocycles. The van der Waals surface area contributed by atoms with Crippen LogP contribution in [0.4, 0.5) is 4.39 Å². The van der Waals surface area contributed by atoms with Gasteiger partial charge in [0.15, 0.2) is 9.97 Å². The normalized spacial score (nSPS) is 30.0. The maximum atomic E-state index is 14.8. The highest BCUT2D eigenvalue weighted by Crippen LogP contribution is 2.33. The molecule has 4 unspecified atom stereocenters. The number of pyridine rings is 1. The van der Waals surface area contributed by atoms with E-state index in [0.717, 1.165) is 11.1 Å². The van der Waals surface area contributed by atoms with Gasteiger partial charge in [0.2, 0.25) is 0 Å². The van der Waals surface area contributed by atoms with Crippen molar-refractivity contribution in [3.05, 3.63) is 64.8 Å². The first-order valence-electron chi connectivity index (χ1n) is 10.6. The summed E-state index contributed by atoms with van der Waals surface area (Å²) in [4.78, 5) is 8.63. The van der Waals surface area contributed by atoms with Gasteiger partial charge < -0.3 is 10.6 Å². The summed E-state index contributed by atoms with van der Waals surface area (Å²) < 4.78 is 13.3. The fourth-order valence-electron chi connectivity index (χ4n) is 3.56. The maximum Gasteiger partial charge on any atom is 0.180 e. The van der Waals surface area contributed by atoms with Crippen molar-refractivity contribution in [2.75, 3.05) is 6.54 Å². The Bertz CT molecular complexity index is 972. The summed E-state index contributed by atoms with van der Waals surface area (Å²) in [5.74, 6) is -0.136.